The van der Waals surface area contributed by atoms with Gasteiger partial charge in [0.1, 0.15) is 5.82 Å². The summed E-state index contributed by atoms with van der Waals surface area (Å²) in [7, 11) is 0. The molecule has 8 nitrogen and oxygen atoms in total. The van der Waals surface area contributed by atoms with Crippen molar-refractivity contribution in [3.05, 3.63) is 66.4 Å². The molecule has 31 heavy (non-hydrogen) atoms. The summed E-state index contributed by atoms with van der Waals surface area (Å²) in [5, 5.41) is 3.15. The second kappa shape index (κ2) is 8.14. The number of aryl methyl sites for hydroxylation is 1. The van der Waals surface area contributed by atoms with Crippen LogP contribution in [0.1, 0.15) is 17.8 Å². The van der Waals surface area contributed by atoms with Crippen molar-refractivity contribution >= 4 is 22.9 Å². The number of fused-ring (bicyclic) bond motifs is 1. The summed E-state index contributed by atoms with van der Waals surface area (Å²) in [4.78, 5) is 35.6. The van der Waals surface area contributed by atoms with Gasteiger partial charge in [-0.05, 0) is 49.2 Å². The van der Waals surface area contributed by atoms with Crippen molar-refractivity contribution in [2.24, 2.45) is 0 Å². The molecule has 0 bridgehead atoms. The number of imidazole rings is 1. The van der Waals surface area contributed by atoms with E-state index in [-0.39, 0.29) is 11.9 Å². The molecule has 4 aromatic rings. The summed E-state index contributed by atoms with van der Waals surface area (Å²) in [5.74, 6) is 1.57. The Bertz CT molecular complexity index is 1220. The molecule has 8 heteroatoms. The molecule has 2 N–H and O–H groups in total. The third-order valence-electron chi connectivity index (χ3n) is 5.47. The topological polar surface area (TPSA) is 99.7 Å². The van der Waals surface area contributed by atoms with E-state index in [1.54, 1.807) is 18.6 Å². The molecule has 1 unspecified atom stereocenters. The van der Waals surface area contributed by atoms with Gasteiger partial charge in [0.25, 0.3) is 0 Å². The number of hydrogen-bond acceptors (Lipinski definition) is 6. The zero-order chi connectivity index (χ0) is 21.2. The Kier molecular flexibility index (Phi) is 5.03. The second-order valence-electron chi connectivity index (χ2n) is 7.83. The Morgan fingerprint density at radius 2 is 2.16 bits per heavy atom. The van der Waals surface area contributed by atoms with Crippen molar-refractivity contribution in [3.8, 4) is 11.3 Å². The highest BCUT2D eigenvalue weighted by molar-refractivity contribution is 5.82. The number of amides is 1. The van der Waals surface area contributed by atoms with E-state index in [1.807, 2.05) is 43.3 Å². The summed E-state index contributed by atoms with van der Waals surface area (Å²) in [6, 6.07) is 11.7. The Morgan fingerprint density at radius 1 is 1.23 bits per heavy atom. The first kappa shape index (κ1) is 19.2. The predicted molar refractivity (Wildman–Crippen MR) is 119 cm³/mol. The highest BCUT2D eigenvalue weighted by Crippen LogP contribution is 2.21. The van der Waals surface area contributed by atoms with Gasteiger partial charge in [0, 0.05) is 43.3 Å². The van der Waals surface area contributed by atoms with E-state index in [0.717, 1.165) is 46.6 Å². The van der Waals surface area contributed by atoms with E-state index < -0.39 is 0 Å². The van der Waals surface area contributed by atoms with Gasteiger partial charge in [0.15, 0.2) is 0 Å². The number of rotatable bonds is 5. The van der Waals surface area contributed by atoms with Gasteiger partial charge in [-0.1, -0.05) is 6.07 Å². The van der Waals surface area contributed by atoms with Crippen molar-refractivity contribution in [1.82, 2.24) is 30.2 Å². The predicted octanol–water partition coefficient (Wildman–Crippen LogP) is 2.66. The van der Waals surface area contributed by atoms with Gasteiger partial charge in [0.05, 0.1) is 23.1 Å². The van der Waals surface area contributed by atoms with E-state index in [9.17, 15) is 4.79 Å². The van der Waals surface area contributed by atoms with E-state index in [0.29, 0.717) is 18.9 Å². The molecule has 0 spiro atoms. The second-order valence-corrected chi connectivity index (χ2v) is 7.83. The highest BCUT2D eigenvalue weighted by atomic mass is 16.1. The van der Waals surface area contributed by atoms with E-state index in [4.69, 9.17) is 0 Å². The lowest BCUT2D eigenvalue weighted by Crippen LogP contribution is -2.38. The minimum absolute atomic E-state index is 0.0208. The van der Waals surface area contributed by atoms with Crippen LogP contribution in [0.25, 0.3) is 22.3 Å². The van der Waals surface area contributed by atoms with Gasteiger partial charge in [-0.3, -0.25) is 9.78 Å². The number of anilines is 1. The van der Waals surface area contributed by atoms with Gasteiger partial charge in [0.2, 0.25) is 11.9 Å². The van der Waals surface area contributed by atoms with Crippen LogP contribution < -0.4 is 10.2 Å². The molecule has 4 heterocycles. The first-order chi connectivity index (χ1) is 15.1. The van der Waals surface area contributed by atoms with Crippen LogP contribution >= 0.6 is 0 Å². The number of hydrogen-bond donors (Lipinski definition) is 2. The summed E-state index contributed by atoms with van der Waals surface area (Å²) < 4.78 is 0. The van der Waals surface area contributed by atoms with E-state index in [1.165, 1.54) is 0 Å². The van der Waals surface area contributed by atoms with Crippen molar-refractivity contribution in [3.63, 3.8) is 0 Å². The molecule has 156 valence electrons. The van der Waals surface area contributed by atoms with E-state index in [2.05, 4.69) is 35.1 Å². The smallest absolute Gasteiger partial charge is 0.225 e. The summed E-state index contributed by atoms with van der Waals surface area (Å²) in [5.41, 5.74) is 4.65. The number of benzene rings is 1. The molecular formula is C23H23N7O. The third-order valence-corrected chi connectivity index (χ3v) is 5.47. The zero-order valence-electron chi connectivity index (χ0n) is 17.2. The average molecular weight is 413 g/mol. The fourth-order valence-corrected chi connectivity index (χ4v) is 3.99. The molecule has 3 aromatic heterocycles. The fourth-order valence-electron chi connectivity index (χ4n) is 3.99. The first-order valence-electron chi connectivity index (χ1n) is 10.4. The van der Waals surface area contributed by atoms with E-state index >= 15 is 0 Å². The molecule has 1 amide bonds. The molecule has 1 aromatic carbocycles. The molecule has 0 saturated carbocycles. The average Bonchev–Trinajstić information content (AvgIpc) is 3.39. The summed E-state index contributed by atoms with van der Waals surface area (Å²) in [6.07, 6.45) is 6.51. The lowest BCUT2D eigenvalue weighted by atomic mass is 10.1. The van der Waals surface area contributed by atoms with Gasteiger partial charge < -0.3 is 15.2 Å². The summed E-state index contributed by atoms with van der Waals surface area (Å²) >= 11 is 0. The van der Waals surface area contributed by atoms with Crippen LogP contribution in [-0.4, -0.2) is 50.0 Å². The number of aromatic nitrogens is 5. The molecule has 1 aliphatic rings. The zero-order valence-corrected chi connectivity index (χ0v) is 17.2. The molecular weight excluding hydrogens is 390 g/mol. The maximum atomic E-state index is 12.6. The number of nitrogens with zero attached hydrogens (tertiary/aromatic N) is 5. The van der Waals surface area contributed by atoms with Crippen molar-refractivity contribution in [2.45, 2.75) is 25.8 Å². The van der Waals surface area contributed by atoms with Crippen LogP contribution in [-0.2, 0) is 11.2 Å². The molecule has 0 radical (unpaired) electrons. The quantitative estimate of drug-likeness (QED) is 0.522. The largest absolute Gasteiger partial charge is 0.351 e. The van der Waals surface area contributed by atoms with Gasteiger partial charge >= 0.3 is 0 Å². The highest BCUT2D eigenvalue weighted by Gasteiger charge is 2.26. The Hall–Kier alpha value is -3.81. The standard InChI is InChI=1S/C23H23N7O/c1-15-26-20-5-4-16(11-21(20)27-15)12-22(31)28-18-7-10-30(14-18)23-25-9-6-19(29-23)17-3-2-8-24-13-17/h2-6,8-9,11,13,18H,7,10,12,14H2,1H3,(H,26,27)(H,28,31). The molecule has 5 rings (SSSR count). The SMILES string of the molecule is Cc1nc2ccc(CC(=O)NC3CCN(c4nccc(-c5cccnc5)n4)C3)cc2[nH]1. The minimum atomic E-state index is 0.0208. The normalized spacial score (nSPS) is 16.0. The van der Waals surface area contributed by atoms with Crippen molar-refractivity contribution in [1.29, 1.82) is 0 Å². The van der Waals surface area contributed by atoms with Gasteiger partial charge in [-0.15, -0.1) is 0 Å². The molecule has 0 aliphatic carbocycles. The number of carbonyl (C=O) groups excluding carboxylic acids is 1. The number of H-pyrrole nitrogens is 1. The number of nitrogens with one attached hydrogen (secondary N) is 2. The maximum absolute atomic E-state index is 12.6. The Morgan fingerprint density at radius 3 is 3.03 bits per heavy atom. The molecule has 1 atom stereocenters. The minimum Gasteiger partial charge on any atom is -0.351 e. The van der Waals surface area contributed by atoms with Gasteiger partial charge in [-0.2, -0.15) is 0 Å². The monoisotopic (exact) mass is 413 g/mol. The van der Waals surface area contributed by atoms with Crippen LogP contribution in [0.3, 0.4) is 0 Å². The fraction of sp³-hybridized carbons (Fsp3) is 0.261. The van der Waals surface area contributed by atoms with Crippen molar-refractivity contribution < 1.29 is 4.79 Å². The number of pyridine rings is 1. The molecule has 1 saturated heterocycles. The van der Waals surface area contributed by atoms with Crippen molar-refractivity contribution in [2.75, 3.05) is 18.0 Å². The lowest BCUT2D eigenvalue weighted by molar-refractivity contribution is -0.121. The van der Waals surface area contributed by atoms with Crippen LogP contribution in [0.15, 0.2) is 55.0 Å². The molecule has 1 aliphatic heterocycles. The number of carbonyl (C=O) groups is 1. The third kappa shape index (κ3) is 4.23. The first-order valence-corrected chi connectivity index (χ1v) is 10.4. The Balaban J connectivity index is 1.21. The summed E-state index contributed by atoms with van der Waals surface area (Å²) in [6.45, 7) is 3.43. The van der Waals surface area contributed by atoms with Gasteiger partial charge in [-0.25, -0.2) is 15.0 Å². The van der Waals surface area contributed by atoms with Crippen LogP contribution in [0.5, 0.6) is 0 Å². The van der Waals surface area contributed by atoms with Crippen LogP contribution in [0.2, 0.25) is 0 Å². The maximum Gasteiger partial charge on any atom is 0.225 e. The lowest BCUT2D eigenvalue weighted by Gasteiger charge is -2.17. The molecule has 1 fully saturated rings. The van der Waals surface area contributed by atoms with Crippen LogP contribution in [0.4, 0.5) is 5.95 Å². The number of aromatic amines is 1. The Labute approximate surface area is 179 Å². The van der Waals surface area contributed by atoms with Crippen LogP contribution in [0, 0.1) is 6.92 Å².